The molecule has 1 heterocycles. The second-order valence-electron chi connectivity index (χ2n) is 4.23. The van der Waals surface area contributed by atoms with E-state index in [-0.39, 0.29) is 0 Å². The van der Waals surface area contributed by atoms with Crippen molar-refractivity contribution >= 4 is 21.7 Å². The zero-order chi connectivity index (χ0) is 16.6. The first-order valence-corrected chi connectivity index (χ1v) is 7.00. The lowest BCUT2D eigenvalue weighted by molar-refractivity contribution is -0.176. The molecule has 1 saturated heterocycles. The second-order valence-corrected chi connectivity index (χ2v) is 6.39. The molecule has 0 spiro atoms. The van der Waals surface area contributed by atoms with Gasteiger partial charge in [0.05, 0.1) is 23.6 Å². The molecular formula is C8H8F6N2O4S. The fourth-order valence-electron chi connectivity index (χ4n) is 1.63. The van der Waals surface area contributed by atoms with Gasteiger partial charge in [0, 0.05) is 0 Å². The molecule has 1 fully saturated rings. The Morgan fingerprint density at radius 2 is 1.10 bits per heavy atom. The summed E-state index contributed by atoms with van der Waals surface area (Å²) in [6.45, 7) is 0. The fraction of sp³-hybridized carbons (Fsp3) is 0.750. The van der Waals surface area contributed by atoms with Gasteiger partial charge in [-0.05, 0) is 0 Å². The van der Waals surface area contributed by atoms with E-state index in [2.05, 4.69) is 0 Å². The number of halogens is 6. The maximum absolute atomic E-state index is 12.0. The van der Waals surface area contributed by atoms with E-state index >= 15 is 0 Å². The van der Waals surface area contributed by atoms with Gasteiger partial charge in [-0.1, -0.05) is 0 Å². The minimum Gasteiger partial charge on any atom is -0.342 e. The van der Waals surface area contributed by atoms with Crippen molar-refractivity contribution in [2.24, 2.45) is 0 Å². The highest BCUT2D eigenvalue weighted by Crippen LogP contribution is 2.20. The average Bonchev–Trinajstić information content (AvgIpc) is 2.50. The maximum Gasteiger partial charge on any atom is 0.471 e. The quantitative estimate of drug-likeness (QED) is 0.663. The van der Waals surface area contributed by atoms with Gasteiger partial charge >= 0.3 is 24.2 Å². The first-order valence-electron chi connectivity index (χ1n) is 5.18. The number of sulfone groups is 1. The van der Waals surface area contributed by atoms with Crippen molar-refractivity contribution in [1.82, 2.24) is 10.6 Å². The number of rotatable bonds is 2. The number of alkyl halides is 6. The van der Waals surface area contributed by atoms with Crippen LogP contribution in [0.5, 0.6) is 0 Å². The molecule has 0 bridgehead atoms. The van der Waals surface area contributed by atoms with Gasteiger partial charge < -0.3 is 10.6 Å². The van der Waals surface area contributed by atoms with Gasteiger partial charge in [0.25, 0.3) is 0 Å². The van der Waals surface area contributed by atoms with E-state index in [9.17, 15) is 44.3 Å². The molecule has 21 heavy (non-hydrogen) atoms. The van der Waals surface area contributed by atoms with Gasteiger partial charge in [-0.3, -0.25) is 9.59 Å². The predicted octanol–water partition coefficient (Wildman–Crippen LogP) is -0.491. The zero-order valence-electron chi connectivity index (χ0n) is 9.88. The Labute approximate surface area is 113 Å². The summed E-state index contributed by atoms with van der Waals surface area (Å²) in [5, 5.41) is 2.51. The number of amides is 2. The highest BCUT2D eigenvalue weighted by atomic mass is 32.2. The monoisotopic (exact) mass is 342 g/mol. The Morgan fingerprint density at radius 3 is 1.33 bits per heavy atom. The van der Waals surface area contributed by atoms with E-state index in [0.717, 1.165) is 0 Å². The number of carbonyl (C=O) groups is 2. The lowest BCUT2D eigenvalue weighted by atomic mass is 10.1. The van der Waals surface area contributed by atoms with Crippen LogP contribution in [0.2, 0.25) is 0 Å². The summed E-state index contributed by atoms with van der Waals surface area (Å²) in [4.78, 5) is 21.4. The highest BCUT2D eigenvalue weighted by Gasteiger charge is 2.48. The predicted molar refractivity (Wildman–Crippen MR) is 54.6 cm³/mol. The standard InChI is InChI=1S/C8H8F6N2O4S/c9-7(10,11)5(17)15-3-1-21(19,20)2-4(3)16-6(18)8(12,13)14/h3-4H,1-2H2,(H,15,17)(H,16,18). The summed E-state index contributed by atoms with van der Waals surface area (Å²) in [5.41, 5.74) is 0. The summed E-state index contributed by atoms with van der Waals surface area (Å²) in [7, 11) is -3.99. The average molecular weight is 342 g/mol. The Morgan fingerprint density at radius 1 is 0.810 bits per heavy atom. The van der Waals surface area contributed by atoms with Crippen molar-refractivity contribution in [3.63, 3.8) is 0 Å². The fourth-order valence-corrected chi connectivity index (χ4v) is 3.49. The Hall–Kier alpha value is -1.53. The Bertz CT molecular complexity index is 498. The molecule has 1 rings (SSSR count). The number of hydrogen-bond donors (Lipinski definition) is 2. The molecule has 2 amide bonds. The van der Waals surface area contributed by atoms with Crippen molar-refractivity contribution in [3.8, 4) is 0 Å². The minimum atomic E-state index is -5.33. The number of carbonyl (C=O) groups excluding carboxylic acids is 2. The van der Waals surface area contributed by atoms with Crippen LogP contribution < -0.4 is 10.6 Å². The molecule has 1 aliphatic rings. The molecular weight excluding hydrogens is 334 g/mol. The van der Waals surface area contributed by atoms with Gasteiger partial charge in [0.2, 0.25) is 0 Å². The topological polar surface area (TPSA) is 92.3 Å². The van der Waals surface area contributed by atoms with Gasteiger partial charge in [-0.25, -0.2) is 8.42 Å². The largest absolute Gasteiger partial charge is 0.471 e. The molecule has 0 aromatic heterocycles. The maximum atomic E-state index is 12.0. The van der Waals surface area contributed by atoms with E-state index < -0.39 is 57.6 Å². The van der Waals surface area contributed by atoms with E-state index in [4.69, 9.17) is 0 Å². The molecule has 0 aromatic rings. The lowest BCUT2D eigenvalue weighted by Crippen LogP contribution is -2.55. The van der Waals surface area contributed by atoms with Crippen LogP contribution in [0.3, 0.4) is 0 Å². The molecule has 2 unspecified atom stereocenters. The van der Waals surface area contributed by atoms with E-state index in [0.29, 0.717) is 0 Å². The minimum absolute atomic E-state index is 1.00. The molecule has 0 aromatic carbocycles. The van der Waals surface area contributed by atoms with Crippen molar-refractivity contribution < 1.29 is 44.3 Å². The van der Waals surface area contributed by atoms with Gasteiger partial charge in [0.1, 0.15) is 0 Å². The normalized spacial score (nSPS) is 25.4. The van der Waals surface area contributed by atoms with Crippen LogP contribution in [0.4, 0.5) is 26.3 Å². The number of nitrogens with one attached hydrogen (secondary N) is 2. The van der Waals surface area contributed by atoms with Crippen LogP contribution in [0.15, 0.2) is 0 Å². The molecule has 13 heteroatoms. The van der Waals surface area contributed by atoms with Gasteiger partial charge in [-0.15, -0.1) is 0 Å². The highest BCUT2D eigenvalue weighted by molar-refractivity contribution is 7.91. The van der Waals surface area contributed by atoms with Crippen LogP contribution in [0, 0.1) is 0 Å². The zero-order valence-corrected chi connectivity index (χ0v) is 10.7. The van der Waals surface area contributed by atoms with Gasteiger partial charge in [-0.2, -0.15) is 26.3 Å². The third-order valence-electron chi connectivity index (χ3n) is 2.50. The van der Waals surface area contributed by atoms with E-state index in [1.165, 1.54) is 10.6 Å². The van der Waals surface area contributed by atoms with Gasteiger partial charge in [0.15, 0.2) is 9.84 Å². The molecule has 0 radical (unpaired) electrons. The van der Waals surface area contributed by atoms with Crippen molar-refractivity contribution in [1.29, 1.82) is 0 Å². The molecule has 0 aliphatic carbocycles. The van der Waals surface area contributed by atoms with Crippen LogP contribution in [-0.2, 0) is 19.4 Å². The van der Waals surface area contributed by atoms with Crippen molar-refractivity contribution in [2.45, 2.75) is 24.4 Å². The Balaban J connectivity index is 2.86. The lowest BCUT2D eigenvalue weighted by Gasteiger charge is -2.21. The van der Waals surface area contributed by atoms with Crippen molar-refractivity contribution in [3.05, 3.63) is 0 Å². The smallest absolute Gasteiger partial charge is 0.342 e. The van der Waals surface area contributed by atoms with Crippen molar-refractivity contribution in [2.75, 3.05) is 11.5 Å². The molecule has 0 saturated carbocycles. The summed E-state index contributed by atoms with van der Waals surface area (Å²) >= 11 is 0. The molecule has 1 aliphatic heterocycles. The molecule has 2 atom stereocenters. The summed E-state index contributed by atoms with van der Waals surface area (Å²) in [5.74, 6) is -7.01. The van der Waals surface area contributed by atoms with E-state index in [1.54, 1.807) is 0 Å². The first-order chi connectivity index (χ1) is 9.22. The Kier molecular flexibility index (Phi) is 4.46. The van der Waals surface area contributed by atoms with Crippen LogP contribution in [0.1, 0.15) is 0 Å². The summed E-state index contributed by atoms with van der Waals surface area (Å²) in [6, 6.07) is -3.59. The number of hydrogen-bond acceptors (Lipinski definition) is 4. The second kappa shape index (κ2) is 5.35. The molecule has 6 nitrogen and oxygen atoms in total. The third-order valence-corrected chi connectivity index (χ3v) is 4.23. The van der Waals surface area contributed by atoms with Crippen LogP contribution in [-0.4, -0.2) is 56.2 Å². The molecule has 2 N–H and O–H groups in total. The summed E-state index contributed by atoms with van der Waals surface area (Å²) < 4.78 is 94.8. The summed E-state index contributed by atoms with van der Waals surface area (Å²) in [6.07, 6.45) is -10.7. The van der Waals surface area contributed by atoms with E-state index in [1.807, 2.05) is 0 Å². The SMILES string of the molecule is O=C(NC1CS(=O)(=O)CC1NC(=O)C(F)(F)F)C(F)(F)F. The van der Waals surface area contributed by atoms with Crippen LogP contribution >= 0.6 is 0 Å². The third kappa shape index (κ3) is 4.75. The van der Waals surface area contributed by atoms with Crippen LogP contribution in [0.25, 0.3) is 0 Å². The molecule has 122 valence electrons. The first kappa shape index (κ1) is 17.5.